The largest absolute Gasteiger partial charge is 0.381 e. The molecule has 1 aliphatic carbocycles. The molecule has 0 bridgehead atoms. The number of halogens is 1. The molecular weight excluding hydrogens is 231 g/mol. The summed E-state index contributed by atoms with van der Waals surface area (Å²) in [4.78, 5) is 0. The molecule has 0 saturated heterocycles. The fourth-order valence-electron chi connectivity index (χ4n) is 2.73. The summed E-state index contributed by atoms with van der Waals surface area (Å²) in [7, 11) is 1.74. The number of nitrogens with two attached hydrogens (primary N) is 1. The summed E-state index contributed by atoms with van der Waals surface area (Å²) in [5.74, 6) is -0.230. The highest BCUT2D eigenvalue weighted by molar-refractivity contribution is 5.46. The molecule has 1 aliphatic rings. The number of nitrogens with one attached hydrogen (secondary N) is 1. The summed E-state index contributed by atoms with van der Waals surface area (Å²) in [5.41, 5.74) is 6.54. The van der Waals surface area contributed by atoms with Crippen LogP contribution in [0.5, 0.6) is 0 Å². The number of anilines is 1. The lowest BCUT2D eigenvalue weighted by Crippen LogP contribution is -2.50. The maximum atomic E-state index is 13.2. The van der Waals surface area contributed by atoms with Crippen LogP contribution in [0.25, 0.3) is 0 Å². The van der Waals surface area contributed by atoms with Crippen LogP contribution in [0.15, 0.2) is 24.3 Å². The first kappa shape index (κ1) is 13.3. The first-order chi connectivity index (χ1) is 8.67. The Balaban J connectivity index is 2.12. The lowest BCUT2D eigenvalue weighted by atomic mass is 9.80. The third kappa shape index (κ3) is 3.00. The Morgan fingerprint density at radius 2 is 2.39 bits per heavy atom. The van der Waals surface area contributed by atoms with Gasteiger partial charge in [-0.25, -0.2) is 4.39 Å². The molecule has 3 N–H and O–H groups in total. The predicted octanol–water partition coefficient (Wildman–Crippen LogP) is 2.52. The number of rotatable bonds is 4. The maximum Gasteiger partial charge on any atom is 0.125 e. The van der Waals surface area contributed by atoms with Crippen LogP contribution in [0, 0.1) is 5.82 Å². The van der Waals surface area contributed by atoms with Gasteiger partial charge in [-0.3, -0.25) is 0 Å². The molecule has 2 unspecified atom stereocenters. The Bertz CT molecular complexity index is 399. The summed E-state index contributed by atoms with van der Waals surface area (Å²) in [6.45, 7) is 0.531. The second kappa shape index (κ2) is 5.67. The second-order valence-electron chi connectivity index (χ2n) is 5.07. The number of hydrogen-bond acceptors (Lipinski definition) is 3. The van der Waals surface area contributed by atoms with Gasteiger partial charge in [0.05, 0.1) is 11.6 Å². The molecule has 0 heterocycles. The van der Waals surface area contributed by atoms with Crippen LogP contribution in [0.3, 0.4) is 0 Å². The van der Waals surface area contributed by atoms with E-state index in [4.69, 9.17) is 10.5 Å². The molecule has 100 valence electrons. The number of hydrogen-bond donors (Lipinski definition) is 2. The molecule has 0 aliphatic heterocycles. The van der Waals surface area contributed by atoms with Gasteiger partial charge in [-0.05, 0) is 43.9 Å². The van der Waals surface area contributed by atoms with Crippen molar-refractivity contribution in [3.63, 3.8) is 0 Å². The van der Waals surface area contributed by atoms with E-state index < -0.39 is 0 Å². The molecule has 4 heteroatoms. The molecule has 2 atom stereocenters. The molecule has 1 fully saturated rings. The van der Waals surface area contributed by atoms with Crippen LogP contribution >= 0.6 is 0 Å². The summed E-state index contributed by atoms with van der Waals surface area (Å²) in [5, 5.41) is 3.40. The van der Waals surface area contributed by atoms with Gasteiger partial charge in [-0.1, -0.05) is 6.07 Å². The number of ether oxygens (including phenoxy) is 1. The first-order valence-corrected chi connectivity index (χ1v) is 6.44. The van der Waals surface area contributed by atoms with Gasteiger partial charge in [0, 0.05) is 19.3 Å². The average molecular weight is 252 g/mol. The van der Waals surface area contributed by atoms with Crippen LogP contribution in [0.1, 0.15) is 25.7 Å². The van der Waals surface area contributed by atoms with Crippen molar-refractivity contribution >= 4 is 5.69 Å². The zero-order valence-corrected chi connectivity index (χ0v) is 10.8. The second-order valence-corrected chi connectivity index (χ2v) is 5.07. The lowest BCUT2D eigenvalue weighted by Gasteiger charge is -2.41. The molecule has 3 nitrogen and oxygen atoms in total. The minimum atomic E-state index is -0.230. The van der Waals surface area contributed by atoms with E-state index in [1.165, 1.54) is 12.1 Å². The van der Waals surface area contributed by atoms with Crippen LogP contribution in [0.4, 0.5) is 10.1 Å². The molecule has 1 aromatic rings. The Kier molecular flexibility index (Phi) is 4.19. The normalized spacial score (nSPS) is 28.1. The van der Waals surface area contributed by atoms with E-state index in [9.17, 15) is 4.39 Å². The standard InChI is InChI=1S/C14H21FN2O/c1-18-13-6-3-7-14(9-13,10-16)17-12-5-2-4-11(15)8-12/h2,4-5,8,13,17H,3,6-7,9-10,16H2,1H3. The van der Waals surface area contributed by atoms with Crippen molar-refractivity contribution in [2.24, 2.45) is 5.73 Å². The summed E-state index contributed by atoms with van der Waals surface area (Å²) >= 11 is 0. The molecule has 0 aromatic heterocycles. The monoisotopic (exact) mass is 252 g/mol. The van der Waals surface area contributed by atoms with Crippen molar-refractivity contribution in [3.8, 4) is 0 Å². The quantitative estimate of drug-likeness (QED) is 0.865. The first-order valence-electron chi connectivity index (χ1n) is 6.44. The SMILES string of the molecule is COC1CCCC(CN)(Nc2cccc(F)c2)C1. The molecule has 0 radical (unpaired) electrons. The van der Waals surface area contributed by atoms with Crippen LogP contribution in [0.2, 0.25) is 0 Å². The van der Waals surface area contributed by atoms with E-state index in [2.05, 4.69) is 5.32 Å². The van der Waals surface area contributed by atoms with E-state index in [0.717, 1.165) is 31.4 Å². The highest BCUT2D eigenvalue weighted by Crippen LogP contribution is 2.32. The van der Waals surface area contributed by atoms with Crippen molar-refractivity contribution in [3.05, 3.63) is 30.1 Å². The van der Waals surface area contributed by atoms with Gasteiger partial charge >= 0.3 is 0 Å². The molecule has 2 rings (SSSR count). The van der Waals surface area contributed by atoms with Crippen molar-refractivity contribution in [1.29, 1.82) is 0 Å². The van der Waals surface area contributed by atoms with Crippen molar-refractivity contribution in [2.75, 3.05) is 19.0 Å². The van der Waals surface area contributed by atoms with Crippen molar-refractivity contribution in [1.82, 2.24) is 0 Å². The van der Waals surface area contributed by atoms with Crippen molar-refractivity contribution < 1.29 is 9.13 Å². The van der Waals surface area contributed by atoms with Gasteiger partial charge in [0.25, 0.3) is 0 Å². The minimum Gasteiger partial charge on any atom is -0.381 e. The van der Waals surface area contributed by atoms with Crippen LogP contribution < -0.4 is 11.1 Å². The maximum absolute atomic E-state index is 13.2. The number of methoxy groups -OCH3 is 1. The van der Waals surface area contributed by atoms with E-state index in [-0.39, 0.29) is 17.5 Å². The van der Waals surface area contributed by atoms with Gasteiger partial charge in [-0.15, -0.1) is 0 Å². The van der Waals surface area contributed by atoms with Crippen LogP contribution in [-0.2, 0) is 4.74 Å². The molecule has 1 aromatic carbocycles. The minimum absolute atomic E-state index is 0.174. The Morgan fingerprint density at radius 1 is 1.56 bits per heavy atom. The van der Waals surface area contributed by atoms with E-state index >= 15 is 0 Å². The lowest BCUT2D eigenvalue weighted by molar-refractivity contribution is 0.0483. The van der Waals surface area contributed by atoms with Crippen LogP contribution in [-0.4, -0.2) is 25.3 Å². The van der Waals surface area contributed by atoms with E-state index in [1.807, 2.05) is 6.07 Å². The zero-order valence-electron chi connectivity index (χ0n) is 10.8. The summed E-state index contributed by atoms with van der Waals surface area (Å²) in [6.07, 6.45) is 4.26. The van der Waals surface area contributed by atoms with E-state index in [0.29, 0.717) is 6.54 Å². The Labute approximate surface area is 108 Å². The van der Waals surface area contributed by atoms with Gasteiger partial charge in [0.1, 0.15) is 5.82 Å². The predicted molar refractivity (Wildman–Crippen MR) is 71.1 cm³/mol. The molecule has 1 saturated carbocycles. The average Bonchev–Trinajstić information content (AvgIpc) is 2.39. The summed E-state index contributed by atoms with van der Waals surface area (Å²) < 4.78 is 18.6. The highest BCUT2D eigenvalue weighted by Gasteiger charge is 2.35. The molecule has 0 amide bonds. The molecule has 0 spiro atoms. The fraction of sp³-hybridized carbons (Fsp3) is 0.571. The van der Waals surface area contributed by atoms with Gasteiger partial charge < -0.3 is 15.8 Å². The number of benzene rings is 1. The van der Waals surface area contributed by atoms with Gasteiger partial charge in [-0.2, -0.15) is 0 Å². The Hall–Kier alpha value is -1.13. The molecule has 18 heavy (non-hydrogen) atoms. The zero-order chi connectivity index (χ0) is 13.0. The van der Waals surface area contributed by atoms with Gasteiger partial charge in [0.15, 0.2) is 0 Å². The Morgan fingerprint density at radius 3 is 3.06 bits per heavy atom. The summed E-state index contributed by atoms with van der Waals surface area (Å²) in [6, 6.07) is 6.53. The third-order valence-corrected chi connectivity index (χ3v) is 3.76. The fourth-order valence-corrected chi connectivity index (χ4v) is 2.73. The molecular formula is C14H21FN2O. The topological polar surface area (TPSA) is 47.3 Å². The van der Waals surface area contributed by atoms with E-state index in [1.54, 1.807) is 13.2 Å². The highest BCUT2D eigenvalue weighted by atomic mass is 19.1. The smallest absolute Gasteiger partial charge is 0.125 e. The van der Waals surface area contributed by atoms with Gasteiger partial charge in [0.2, 0.25) is 0 Å². The third-order valence-electron chi connectivity index (χ3n) is 3.76. The van der Waals surface area contributed by atoms with Crippen molar-refractivity contribution in [2.45, 2.75) is 37.3 Å².